The molecule has 0 aromatic heterocycles. The van der Waals surface area contributed by atoms with E-state index in [4.69, 9.17) is 5.11 Å². The summed E-state index contributed by atoms with van der Waals surface area (Å²) in [5.41, 5.74) is -0.244. The highest BCUT2D eigenvalue weighted by Gasteiger charge is 2.34. The van der Waals surface area contributed by atoms with Crippen molar-refractivity contribution >= 4 is 16.0 Å². The number of carboxylic acids is 1. The van der Waals surface area contributed by atoms with E-state index in [9.17, 15) is 17.6 Å². The molecule has 0 spiro atoms. The Bertz CT molecular complexity index is 614. The summed E-state index contributed by atoms with van der Waals surface area (Å²) in [6.07, 6.45) is 1.44. The third-order valence-corrected chi connectivity index (χ3v) is 5.29. The SMILES string of the molecule is CC1CCCN1S(=O)(=O)c1cc(C(=O)O)ccc1F. The van der Waals surface area contributed by atoms with Gasteiger partial charge in [-0.25, -0.2) is 17.6 Å². The molecule has 1 unspecified atom stereocenters. The first kappa shape index (κ1) is 14.0. The highest BCUT2D eigenvalue weighted by Crippen LogP contribution is 2.27. The summed E-state index contributed by atoms with van der Waals surface area (Å²) in [6.45, 7) is 2.09. The fourth-order valence-corrected chi connectivity index (χ4v) is 4.02. The molecule has 1 heterocycles. The van der Waals surface area contributed by atoms with E-state index in [1.54, 1.807) is 6.92 Å². The number of rotatable bonds is 3. The van der Waals surface area contributed by atoms with Crippen molar-refractivity contribution in [1.82, 2.24) is 4.31 Å². The van der Waals surface area contributed by atoms with Crippen LogP contribution in [0.25, 0.3) is 0 Å². The van der Waals surface area contributed by atoms with Crippen molar-refractivity contribution in [3.05, 3.63) is 29.6 Å². The molecule has 1 aliphatic heterocycles. The van der Waals surface area contributed by atoms with Crippen molar-refractivity contribution in [1.29, 1.82) is 0 Å². The van der Waals surface area contributed by atoms with Gasteiger partial charge in [-0.05, 0) is 38.0 Å². The largest absolute Gasteiger partial charge is 0.478 e. The minimum absolute atomic E-state index is 0.196. The molecular formula is C12H14FNO4S. The van der Waals surface area contributed by atoms with Crippen molar-refractivity contribution in [3.8, 4) is 0 Å². The van der Waals surface area contributed by atoms with Gasteiger partial charge < -0.3 is 5.11 Å². The molecule has 7 heteroatoms. The van der Waals surface area contributed by atoms with E-state index in [1.165, 1.54) is 4.31 Å². The van der Waals surface area contributed by atoms with Crippen molar-refractivity contribution < 1.29 is 22.7 Å². The maximum Gasteiger partial charge on any atom is 0.335 e. The first-order chi connectivity index (χ1) is 8.84. The third kappa shape index (κ3) is 2.48. The zero-order valence-electron chi connectivity index (χ0n) is 10.3. The van der Waals surface area contributed by atoms with Crippen LogP contribution in [-0.4, -0.2) is 36.4 Å². The maximum absolute atomic E-state index is 13.7. The van der Waals surface area contributed by atoms with E-state index >= 15 is 0 Å². The Kier molecular flexibility index (Phi) is 3.60. The molecule has 1 aliphatic rings. The highest BCUT2D eigenvalue weighted by molar-refractivity contribution is 7.89. The van der Waals surface area contributed by atoms with Crippen LogP contribution in [0.15, 0.2) is 23.1 Å². The van der Waals surface area contributed by atoms with E-state index < -0.39 is 26.7 Å². The van der Waals surface area contributed by atoms with E-state index in [2.05, 4.69) is 0 Å². The second-order valence-corrected chi connectivity index (χ2v) is 6.42. The smallest absolute Gasteiger partial charge is 0.335 e. The molecule has 0 radical (unpaired) electrons. The van der Waals surface area contributed by atoms with Crippen molar-refractivity contribution in [2.24, 2.45) is 0 Å². The molecule has 1 aromatic carbocycles. The summed E-state index contributed by atoms with van der Waals surface area (Å²) in [6, 6.07) is 2.59. The molecule has 2 rings (SSSR count). The third-order valence-electron chi connectivity index (χ3n) is 3.26. The zero-order valence-corrected chi connectivity index (χ0v) is 11.2. The number of halogens is 1. The summed E-state index contributed by atoms with van der Waals surface area (Å²) >= 11 is 0. The number of benzene rings is 1. The lowest BCUT2D eigenvalue weighted by atomic mass is 10.2. The Morgan fingerprint density at radius 2 is 2.16 bits per heavy atom. The van der Waals surface area contributed by atoms with Crippen LogP contribution in [0, 0.1) is 5.82 Å². The molecular weight excluding hydrogens is 273 g/mol. The molecule has 1 N–H and O–H groups in total. The quantitative estimate of drug-likeness (QED) is 0.918. The van der Waals surface area contributed by atoms with Gasteiger partial charge in [0, 0.05) is 12.6 Å². The Morgan fingerprint density at radius 1 is 1.47 bits per heavy atom. The lowest BCUT2D eigenvalue weighted by Gasteiger charge is -2.21. The Balaban J connectivity index is 2.51. The molecule has 5 nitrogen and oxygen atoms in total. The number of carboxylic acid groups (broad SMARTS) is 1. The van der Waals surface area contributed by atoms with E-state index in [0.29, 0.717) is 6.54 Å². The van der Waals surface area contributed by atoms with Gasteiger partial charge in [-0.3, -0.25) is 0 Å². The van der Waals surface area contributed by atoms with Gasteiger partial charge in [0.05, 0.1) is 5.56 Å². The number of carbonyl (C=O) groups is 1. The molecule has 0 aliphatic carbocycles. The van der Waals surface area contributed by atoms with Gasteiger partial charge in [0.2, 0.25) is 10.0 Å². The number of aromatic carboxylic acids is 1. The lowest BCUT2D eigenvalue weighted by Crippen LogP contribution is -2.34. The fraction of sp³-hybridized carbons (Fsp3) is 0.417. The van der Waals surface area contributed by atoms with Crippen LogP contribution in [0.1, 0.15) is 30.1 Å². The first-order valence-corrected chi connectivity index (χ1v) is 7.32. The molecule has 1 fully saturated rings. The molecule has 104 valence electrons. The number of sulfonamides is 1. The molecule has 1 saturated heterocycles. The summed E-state index contributed by atoms with van der Waals surface area (Å²) < 4.78 is 39.6. The predicted octanol–water partition coefficient (Wildman–Crippen LogP) is 1.70. The number of nitrogens with zero attached hydrogens (tertiary/aromatic N) is 1. The van der Waals surface area contributed by atoms with Crippen molar-refractivity contribution in [2.75, 3.05) is 6.54 Å². The summed E-state index contributed by atoms with van der Waals surface area (Å²) in [7, 11) is -3.98. The van der Waals surface area contributed by atoms with Crippen LogP contribution in [0.3, 0.4) is 0 Å². The second-order valence-electron chi connectivity index (χ2n) is 4.56. The lowest BCUT2D eigenvalue weighted by molar-refractivity contribution is 0.0696. The Labute approximate surface area is 110 Å². The molecule has 19 heavy (non-hydrogen) atoms. The van der Waals surface area contributed by atoms with Gasteiger partial charge in [0.15, 0.2) is 0 Å². The van der Waals surface area contributed by atoms with E-state index in [1.807, 2.05) is 0 Å². The van der Waals surface area contributed by atoms with E-state index in [0.717, 1.165) is 31.0 Å². The van der Waals surface area contributed by atoms with Crippen molar-refractivity contribution in [2.45, 2.75) is 30.7 Å². The predicted molar refractivity (Wildman–Crippen MR) is 65.9 cm³/mol. The monoisotopic (exact) mass is 287 g/mol. The molecule has 1 aromatic rings. The number of hydrogen-bond acceptors (Lipinski definition) is 3. The highest BCUT2D eigenvalue weighted by atomic mass is 32.2. The molecule has 0 bridgehead atoms. The van der Waals surface area contributed by atoms with Crippen LogP contribution in [-0.2, 0) is 10.0 Å². The van der Waals surface area contributed by atoms with Crippen LogP contribution in [0.2, 0.25) is 0 Å². The van der Waals surface area contributed by atoms with Gasteiger partial charge in [-0.15, -0.1) is 0 Å². The standard InChI is InChI=1S/C12H14FNO4S/c1-8-3-2-6-14(8)19(17,18)11-7-9(12(15)16)4-5-10(11)13/h4-5,7-8H,2-3,6H2,1H3,(H,15,16). The Hall–Kier alpha value is -1.47. The summed E-state index contributed by atoms with van der Waals surface area (Å²) in [4.78, 5) is 10.3. The van der Waals surface area contributed by atoms with Gasteiger partial charge in [0.25, 0.3) is 0 Å². The van der Waals surface area contributed by atoms with Gasteiger partial charge in [0.1, 0.15) is 10.7 Å². The normalized spacial score (nSPS) is 20.6. The van der Waals surface area contributed by atoms with E-state index in [-0.39, 0.29) is 11.6 Å². The van der Waals surface area contributed by atoms with Crippen LogP contribution in [0.5, 0.6) is 0 Å². The molecule has 0 saturated carbocycles. The van der Waals surface area contributed by atoms with Gasteiger partial charge >= 0.3 is 5.97 Å². The molecule has 1 atom stereocenters. The second kappa shape index (κ2) is 4.90. The number of hydrogen-bond donors (Lipinski definition) is 1. The van der Waals surface area contributed by atoms with Crippen LogP contribution >= 0.6 is 0 Å². The van der Waals surface area contributed by atoms with Crippen molar-refractivity contribution in [3.63, 3.8) is 0 Å². The average molecular weight is 287 g/mol. The Morgan fingerprint density at radius 3 is 2.68 bits per heavy atom. The fourth-order valence-electron chi connectivity index (χ4n) is 2.22. The van der Waals surface area contributed by atoms with Crippen LogP contribution < -0.4 is 0 Å². The van der Waals surface area contributed by atoms with Gasteiger partial charge in [-0.1, -0.05) is 0 Å². The average Bonchev–Trinajstić information content (AvgIpc) is 2.76. The maximum atomic E-state index is 13.7. The minimum atomic E-state index is -3.98. The summed E-state index contributed by atoms with van der Waals surface area (Å²) in [5.74, 6) is -2.21. The first-order valence-electron chi connectivity index (χ1n) is 5.88. The topological polar surface area (TPSA) is 74.7 Å². The van der Waals surface area contributed by atoms with Gasteiger partial charge in [-0.2, -0.15) is 4.31 Å². The molecule has 0 amide bonds. The summed E-state index contributed by atoms with van der Waals surface area (Å²) in [5, 5.41) is 8.85. The zero-order chi connectivity index (χ0) is 14.2. The minimum Gasteiger partial charge on any atom is -0.478 e. The van der Waals surface area contributed by atoms with Crippen LogP contribution in [0.4, 0.5) is 4.39 Å².